The molecule has 0 radical (unpaired) electrons. The lowest BCUT2D eigenvalue weighted by atomic mass is 9.98. The van der Waals surface area contributed by atoms with Crippen LogP contribution in [0.2, 0.25) is 0 Å². The molecule has 0 N–H and O–H groups in total. The molecule has 9 aromatic carbocycles. The fourth-order valence-corrected chi connectivity index (χ4v) is 9.48. The van der Waals surface area contributed by atoms with E-state index in [0.717, 1.165) is 5.69 Å². The number of rotatable bonds is 4. The van der Waals surface area contributed by atoms with E-state index in [9.17, 15) is 0 Å². The summed E-state index contributed by atoms with van der Waals surface area (Å²) < 4.78 is 7.17. The van der Waals surface area contributed by atoms with Gasteiger partial charge in [0, 0.05) is 67.3 Å². The molecule has 0 aliphatic carbocycles. The van der Waals surface area contributed by atoms with E-state index < -0.39 is 0 Å². The van der Waals surface area contributed by atoms with E-state index >= 15 is 0 Å². The van der Waals surface area contributed by atoms with Gasteiger partial charge in [-0.25, -0.2) is 0 Å². The first-order valence-corrected chi connectivity index (χ1v) is 19.3. The number of hydrogen-bond acceptors (Lipinski definition) is 0. The molecular formula is C53H35N3. The monoisotopic (exact) mass is 713 g/mol. The van der Waals surface area contributed by atoms with Crippen LogP contribution in [0.1, 0.15) is 0 Å². The van der Waals surface area contributed by atoms with Gasteiger partial charge in [0.05, 0.1) is 22.1 Å². The van der Waals surface area contributed by atoms with Crippen molar-refractivity contribution >= 4 is 76.2 Å². The van der Waals surface area contributed by atoms with Crippen molar-refractivity contribution < 1.29 is 0 Å². The largest absolute Gasteiger partial charge is 0.344 e. The second-order valence-electron chi connectivity index (χ2n) is 15.0. The molecule has 0 aliphatic rings. The average Bonchev–Trinajstić information content (AvgIpc) is 3.88. The minimum absolute atomic E-state index is 1.15. The summed E-state index contributed by atoms with van der Waals surface area (Å²) in [4.78, 5) is 0. The van der Waals surface area contributed by atoms with Gasteiger partial charge in [0.2, 0.25) is 0 Å². The van der Waals surface area contributed by atoms with Crippen molar-refractivity contribution in [1.82, 2.24) is 13.7 Å². The zero-order valence-corrected chi connectivity index (χ0v) is 30.8. The van der Waals surface area contributed by atoms with Crippen LogP contribution in [0.3, 0.4) is 0 Å². The van der Waals surface area contributed by atoms with Crippen LogP contribution >= 0.6 is 0 Å². The summed E-state index contributed by atoms with van der Waals surface area (Å²) in [7, 11) is 2.18. The first kappa shape index (κ1) is 31.0. The fraction of sp³-hybridized carbons (Fsp3) is 0.0189. The van der Waals surface area contributed by atoms with Crippen molar-refractivity contribution in [1.29, 1.82) is 0 Å². The molecular weight excluding hydrogens is 679 g/mol. The summed E-state index contributed by atoms with van der Waals surface area (Å²) in [5.74, 6) is 0. The Morgan fingerprint density at radius 1 is 0.321 bits per heavy atom. The molecule has 0 aliphatic heterocycles. The zero-order valence-electron chi connectivity index (χ0n) is 30.8. The quantitative estimate of drug-likeness (QED) is 0.172. The van der Waals surface area contributed by atoms with Gasteiger partial charge in [-0.2, -0.15) is 0 Å². The predicted molar refractivity (Wildman–Crippen MR) is 237 cm³/mol. The third-order valence-electron chi connectivity index (χ3n) is 12.0. The van der Waals surface area contributed by atoms with Gasteiger partial charge >= 0.3 is 0 Å². The third kappa shape index (κ3) is 4.40. The van der Waals surface area contributed by atoms with Crippen LogP contribution in [0.4, 0.5) is 0 Å². The van der Waals surface area contributed by atoms with E-state index in [-0.39, 0.29) is 0 Å². The summed E-state index contributed by atoms with van der Waals surface area (Å²) in [6.07, 6.45) is 0. The second kappa shape index (κ2) is 11.8. The van der Waals surface area contributed by atoms with Gasteiger partial charge in [0.1, 0.15) is 0 Å². The summed E-state index contributed by atoms with van der Waals surface area (Å²) in [6, 6.07) is 71.3. The summed E-state index contributed by atoms with van der Waals surface area (Å²) in [5, 5.41) is 10.2. The molecule has 12 aromatic rings. The van der Waals surface area contributed by atoms with Crippen molar-refractivity contribution in [3.63, 3.8) is 0 Å². The molecule has 0 bridgehead atoms. The topological polar surface area (TPSA) is 14.8 Å². The van der Waals surface area contributed by atoms with E-state index in [0.29, 0.717) is 0 Å². The Labute approximate surface area is 323 Å². The third-order valence-corrected chi connectivity index (χ3v) is 12.0. The predicted octanol–water partition coefficient (Wildman–Crippen LogP) is 14.0. The summed E-state index contributed by atoms with van der Waals surface area (Å²) >= 11 is 0. The Hall–Kier alpha value is -7.36. The molecule has 0 unspecified atom stereocenters. The van der Waals surface area contributed by atoms with Gasteiger partial charge < -0.3 is 13.7 Å². The molecule has 3 nitrogen and oxygen atoms in total. The van der Waals surface area contributed by atoms with Gasteiger partial charge in [-0.3, -0.25) is 0 Å². The Bertz CT molecular complexity index is 3530. The Morgan fingerprint density at radius 2 is 0.857 bits per heavy atom. The number of fused-ring (bicyclic) bond motifs is 11. The van der Waals surface area contributed by atoms with Gasteiger partial charge in [0.25, 0.3) is 0 Å². The van der Waals surface area contributed by atoms with Crippen LogP contribution in [0, 0.1) is 0 Å². The van der Waals surface area contributed by atoms with Crippen LogP contribution in [0.5, 0.6) is 0 Å². The molecule has 0 amide bonds. The van der Waals surface area contributed by atoms with Crippen LogP contribution in [-0.4, -0.2) is 13.7 Å². The van der Waals surface area contributed by atoms with Crippen molar-refractivity contribution in [2.24, 2.45) is 7.05 Å². The number of para-hydroxylation sites is 4. The summed E-state index contributed by atoms with van der Waals surface area (Å²) in [6.45, 7) is 0. The Morgan fingerprint density at radius 3 is 1.64 bits per heavy atom. The fourth-order valence-electron chi connectivity index (χ4n) is 9.48. The highest BCUT2D eigenvalue weighted by molar-refractivity contribution is 6.21. The first-order chi connectivity index (χ1) is 27.7. The van der Waals surface area contributed by atoms with Crippen molar-refractivity contribution in [3.05, 3.63) is 194 Å². The molecule has 3 aromatic heterocycles. The van der Waals surface area contributed by atoms with Crippen LogP contribution in [-0.2, 0) is 7.05 Å². The average molecular weight is 714 g/mol. The standard InChI is InChI=1S/C53H35N3/c1-54-47-27-24-36(32-46(47)52-40-18-9-8-13-34(40)23-30-51(52)54)35-25-28-50-45(31-35)43-21-12-20-41(53(43)56(50)39-16-6-3-7-17-39)37-26-29-49-44(33-37)42-19-10-11-22-48(42)55(49)38-14-4-2-5-15-38/h2-33H,1H3. The smallest absolute Gasteiger partial charge is 0.0619 e. The lowest BCUT2D eigenvalue weighted by Crippen LogP contribution is -1.95. The van der Waals surface area contributed by atoms with Crippen molar-refractivity contribution in [2.45, 2.75) is 0 Å². The lowest BCUT2D eigenvalue weighted by Gasteiger charge is -2.12. The van der Waals surface area contributed by atoms with E-state index in [1.807, 2.05) is 0 Å². The highest BCUT2D eigenvalue weighted by Gasteiger charge is 2.20. The van der Waals surface area contributed by atoms with E-state index in [1.54, 1.807) is 0 Å². The minimum Gasteiger partial charge on any atom is -0.344 e. The van der Waals surface area contributed by atoms with Crippen molar-refractivity contribution in [2.75, 3.05) is 0 Å². The Kier molecular flexibility index (Phi) is 6.55. The maximum Gasteiger partial charge on any atom is 0.0619 e. The first-order valence-electron chi connectivity index (χ1n) is 19.3. The van der Waals surface area contributed by atoms with Crippen LogP contribution in [0.25, 0.3) is 110 Å². The molecule has 0 fully saturated rings. The Balaban J connectivity index is 1.09. The van der Waals surface area contributed by atoms with Gasteiger partial charge in [-0.1, -0.05) is 121 Å². The maximum atomic E-state index is 2.46. The number of nitrogens with zero attached hydrogens (tertiary/aromatic N) is 3. The maximum absolute atomic E-state index is 2.46. The highest BCUT2D eigenvalue weighted by Crippen LogP contribution is 2.43. The molecule has 0 saturated heterocycles. The number of benzene rings is 9. The van der Waals surface area contributed by atoms with Crippen LogP contribution in [0.15, 0.2) is 194 Å². The zero-order chi connectivity index (χ0) is 36.9. The minimum atomic E-state index is 1.15. The second-order valence-corrected chi connectivity index (χ2v) is 15.0. The lowest BCUT2D eigenvalue weighted by molar-refractivity contribution is 1.01. The van der Waals surface area contributed by atoms with E-state index in [4.69, 9.17) is 0 Å². The highest BCUT2D eigenvalue weighted by atomic mass is 15.0. The SMILES string of the molecule is Cn1c2ccc(-c3ccc4c(c3)c3cccc(-c5ccc6c(c5)c5ccccc5n6-c5ccccc5)c3n4-c3ccccc3)cc2c2c3ccccc3ccc21. The molecule has 56 heavy (non-hydrogen) atoms. The molecule has 12 rings (SSSR count). The van der Waals surface area contributed by atoms with E-state index in [1.165, 1.54) is 104 Å². The molecule has 3 heteroatoms. The van der Waals surface area contributed by atoms with Crippen molar-refractivity contribution in [3.8, 4) is 33.6 Å². The summed E-state index contributed by atoms with van der Waals surface area (Å²) in [5.41, 5.74) is 14.5. The molecule has 0 atom stereocenters. The van der Waals surface area contributed by atoms with Gasteiger partial charge in [-0.05, 0) is 100 Å². The molecule has 0 saturated carbocycles. The van der Waals surface area contributed by atoms with Gasteiger partial charge in [-0.15, -0.1) is 0 Å². The van der Waals surface area contributed by atoms with Gasteiger partial charge in [0.15, 0.2) is 0 Å². The number of aromatic nitrogens is 3. The molecule has 0 spiro atoms. The van der Waals surface area contributed by atoms with Crippen LogP contribution < -0.4 is 0 Å². The van der Waals surface area contributed by atoms with E-state index in [2.05, 4.69) is 215 Å². The number of aryl methyl sites for hydroxylation is 1. The molecule has 3 heterocycles. The normalized spacial score (nSPS) is 12.0. The number of hydrogen-bond donors (Lipinski definition) is 0. The molecule has 262 valence electrons.